The van der Waals surface area contributed by atoms with Crippen molar-refractivity contribution in [2.75, 3.05) is 5.33 Å². The summed E-state index contributed by atoms with van der Waals surface area (Å²) in [4.78, 5) is 13.8. The third-order valence-electron chi connectivity index (χ3n) is 2.16. The first kappa shape index (κ1) is 11.5. The van der Waals surface area contributed by atoms with E-state index < -0.39 is 0 Å². The number of thiophene rings is 1. The molecule has 0 radical (unpaired) electrons. The molecular formula is C11H11BrN2OS. The third kappa shape index (κ3) is 2.41. The summed E-state index contributed by atoms with van der Waals surface area (Å²) >= 11 is 4.99. The average molecular weight is 299 g/mol. The number of rotatable bonds is 3. The predicted octanol–water partition coefficient (Wildman–Crippen LogP) is 2.68. The van der Waals surface area contributed by atoms with Gasteiger partial charge in [-0.05, 0) is 25.1 Å². The maximum atomic E-state index is 11.5. The molecule has 2 rings (SSSR count). The van der Waals surface area contributed by atoms with Crippen LogP contribution >= 0.6 is 27.3 Å². The minimum absolute atomic E-state index is 0.0588. The Morgan fingerprint density at radius 1 is 1.38 bits per heavy atom. The summed E-state index contributed by atoms with van der Waals surface area (Å²) in [5, 5.41) is 5.06. The molecule has 16 heavy (non-hydrogen) atoms. The summed E-state index contributed by atoms with van der Waals surface area (Å²) in [6, 6.07) is 7.44. The smallest absolute Gasteiger partial charge is 0.266 e. The number of nitrogens with zero attached hydrogens (tertiary/aromatic N) is 2. The van der Waals surface area contributed by atoms with E-state index >= 15 is 0 Å². The van der Waals surface area contributed by atoms with E-state index in [1.54, 1.807) is 23.5 Å². The molecular weight excluding hydrogens is 288 g/mol. The molecule has 0 N–H and O–H groups in total. The first-order chi connectivity index (χ1) is 7.70. The van der Waals surface area contributed by atoms with Gasteiger partial charge in [-0.15, -0.1) is 11.3 Å². The van der Waals surface area contributed by atoms with Gasteiger partial charge in [0.15, 0.2) is 0 Å². The van der Waals surface area contributed by atoms with Crippen LogP contribution in [0.15, 0.2) is 29.1 Å². The van der Waals surface area contributed by atoms with Crippen molar-refractivity contribution < 1.29 is 0 Å². The maximum Gasteiger partial charge on any atom is 0.266 e. The van der Waals surface area contributed by atoms with Crippen molar-refractivity contribution in [3.8, 4) is 10.6 Å². The van der Waals surface area contributed by atoms with E-state index in [-0.39, 0.29) is 5.56 Å². The van der Waals surface area contributed by atoms with E-state index in [0.717, 1.165) is 15.9 Å². The number of hydrogen-bond acceptors (Lipinski definition) is 3. The van der Waals surface area contributed by atoms with Crippen LogP contribution in [0.2, 0.25) is 0 Å². The Balaban J connectivity index is 2.43. The van der Waals surface area contributed by atoms with Gasteiger partial charge in [-0.2, -0.15) is 5.10 Å². The fraction of sp³-hybridized carbons (Fsp3) is 0.273. The van der Waals surface area contributed by atoms with Gasteiger partial charge < -0.3 is 0 Å². The average Bonchev–Trinajstić information content (AvgIpc) is 2.69. The Morgan fingerprint density at radius 2 is 2.19 bits per heavy atom. The van der Waals surface area contributed by atoms with E-state index in [0.29, 0.717) is 6.54 Å². The molecule has 0 aliphatic carbocycles. The van der Waals surface area contributed by atoms with Crippen molar-refractivity contribution in [2.24, 2.45) is 0 Å². The Hall–Kier alpha value is -0.940. The van der Waals surface area contributed by atoms with Crippen molar-refractivity contribution >= 4 is 27.3 Å². The summed E-state index contributed by atoms with van der Waals surface area (Å²) in [5.74, 6) is 0. The number of hydrogen-bond donors (Lipinski definition) is 0. The zero-order chi connectivity index (χ0) is 11.5. The lowest BCUT2D eigenvalue weighted by molar-refractivity contribution is 0.627. The summed E-state index contributed by atoms with van der Waals surface area (Å²) in [6.45, 7) is 2.65. The Labute approximate surface area is 106 Å². The molecule has 2 heterocycles. The largest absolute Gasteiger partial charge is 0.268 e. The zero-order valence-corrected chi connectivity index (χ0v) is 11.2. The Kier molecular flexibility index (Phi) is 3.56. The van der Waals surface area contributed by atoms with E-state index in [2.05, 4.69) is 34.0 Å². The minimum atomic E-state index is -0.0588. The second-order valence-corrected chi connectivity index (χ2v) is 5.46. The summed E-state index contributed by atoms with van der Waals surface area (Å²) < 4.78 is 1.49. The molecule has 0 atom stereocenters. The van der Waals surface area contributed by atoms with Gasteiger partial charge in [-0.25, -0.2) is 4.68 Å². The van der Waals surface area contributed by atoms with Crippen molar-refractivity contribution in [1.82, 2.24) is 9.78 Å². The van der Waals surface area contributed by atoms with Gasteiger partial charge in [-0.3, -0.25) is 4.79 Å². The van der Waals surface area contributed by atoms with Gasteiger partial charge in [0, 0.05) is 16.3 Å². The highest BCUT2D eigenvalue weighted by Gasteiger charge is 2.04. The van der Waals surface area contributed by atoms with Crippen LogP contribution in [0.1, 0.15) is 4.88 Å². The maximum absolute atomic E-state index is 11.5. The first-order valence-electron chi connectivity index (χ1n) is 4.91. The molecule has 2 aromatic heterocycles. The fourth-order valence-electron chi connectivity index (χ4n) is 1.39. The van der Waals surface area contributed by atoms with Gasteiger partial charge in [0.25, 0.3) is 5.56 Å². The topological polar surface area (TPSA) is 34.9 Å². The number of alkyl halides is 1. The molecule has 2 aromatic rings. The first-order valence-corrected chi connectivity index (χ1v) is 6.85. The second kappa shape index (κ2) is 4.93. The molecule has 0 unspecified atom stereocenters. The fourth-order valence-corrected chi connectivity index (χ4v) is 2.56. The van der Waals surface area contributed by atoms with Gasteiger partial charge in [0.05, 0.1) is 11.4 Å². The summed E-state index contributed by atoms with van der Waals surface area (Å²) in [5.41, 5.74) is 0.801. The van der Waals surface area contributed by atoms with Crippen LogP contribution in [0.25, 0.3) is 10.6 Å². The highest BCUT2D eigenvalue weighted by molar-refractivity contribution is 9.09. The number of aryl methyl sites for hydroxylation is 2. The van der Waals surface area contributed by atoms with E-state index in [1.807, 2.05) is 6.07 Å². The molecule has 0 aliphatic heterocycles. The lowest BCUT2D eigenvalue weighted by atomic mass is 10.3. The molecule has 0 bridgehead atoms. The van der Waals surface area contributed by atoms with Gasteiger partial charge in [0.2, 0.25) is 0 Å². The Bertz CT molecular complexity index is 547. The number of halogens is 1. The van der Waals surface area contributed by atoms with Gasteiger partial charge >= 0.3 is 0 Å². The molecule has 84 valence electrons. The minimum Gasteiger partial charge on any atom is -0.268 e. The van der Waals surface area contributed by atoms with Crippen molar-refractivity contribution in [3.63, 3.8) is 0 Å². The molecule has 0 fully saturated rings. The van der Waals surface area contributed by atoms with Gasteiger partial charge in [0.1, 0.15) is 5.69 Å². The highest BCUT2D eigenvalue weighted by atomic mass is 79.9. The standard InChI is InChI=1S/C11H11BrN2OS/c1-8-2-4-10(16-8)9-3-5-11(15)14(13-9)7-6-12/h2-5H,6-7H2,1H3. The molecule has 3 nitrogen and oxygen atoms in total. The van der Waals surface area contributed by atoms with Crippen LogP contribution in [0.3, 0.4) is 0 Å². The third-order valence-corrected chi connectivity index (χ3v) is 3.53. The lowest BCUT2D eigenvalue weighted by Crippen LogP contribution is -2.22. The van der Waals surface area contributed by atoms with Crippen LogP contribution in [0, 0.1) is 6.92 Å². The quantitative estimate of drug-likeness (QED) is 0.817. The molecule has 0 aliphatic rings. The van der Waals surface area contributed by atoms with E-state index in [1.165, 1.54) is 9.56 Å². The second-order valence-electron chi connectivity index (χ2n) is 3.38. The molecule has 0 spiro atoms. The predicted molar refractivity (Wildman–Crippen MR) is 70.3 cm³/mol. The lowest BCUT2D eigenvalue weighted by Gasteiger charge is -2.03. The van der Waals surface area contributed by atoms with Crippen LogP contribution in [0.4, 0.5) is 0 Å². The van der Waals surface area contributed by atoms with Crippen LogP contribution in [-0.4, -0.2) is 15.1 Å². The van der Waals surface area contributed by atoms with Crippen molar-refractivity contribution in [2.45, 2.75) is 13.5 Å². The van der Waals surface area contributed by atoms with Gasteiger partial charge in [-0.1, -0.05) is 15.9 Å². The molecule has 0 saturated heterocycles. The molecule has 5 heteroatoms. The van der Waals surface area contributed by atoms with Crippen LogP contribution in [0.5, 0.6) is 0 Å². The zero-order valence-electron chi connectivity index (χ0n) is 8.81. The summed E-state index contributed by atoms with van der Waals surface area (Å²) in [7, 11) is 0. The van der Waals surface area contributed by atoms with Crippen molar-refractivity contribution in [1.29, 1.82) is 0 Å². The summed E-state index contributed by atoms with van der Waals surface area (Å²) in [6.07, 6.45) is 0. The normalized spacial score (nSPS) is 10.6. The van der Waals surface area contributed by atoms with E-state index in [9.17, 15) is 4.79 Å². The monoisotopic (exact) mass is 298 g/mol. The molecule has 0 amide bonds. The molecule has 0 saturated carbocycles. The van der Waals surface area contributed by atoms with Crippen LogP contribution < -0.4 is 5.56 Å². The number of aromatic nitrogens is 2. The highest BCUT2D eigenvalue weighted by Crippen LogP contribution is 2.24. The van der Waals surface area contributed by atoms with E-state index in [4.69, 9.17) is 0 Å². The SMILES string of the molecule is Cc1ccc(-c2ccc(=O)n(CCBr)n2)s1. The Morgan fingerprint density at radius 3 is 2.81 bits per heavy atom. The van der Waals surface area contributed by atoms with Crippen LogP contribution in [-0.2, 0) is 6.54 Å². The molecule has 0 aromatic carbocycles. The van der Waals surface area contributed by atoms with Crippen molar-refractivity contribution in [3.05, 3.63) is 39.5 Å².